The molecular weight excluding hydrogens is 318 g/mol. The molecule has 1 fully saturated rings. The molecule has 0 saturated carbocycles. The number of nitrogens with one attached hydrogen (secondary N) is 1. The summed E-state index contributed by atoms with van der Waals surface area (Å²) in [7, 11) is 1.32. The molecule has 0 radical (unpaired) electrons. The lowest BCUT2D eigenvalue weighted by atomic mass is 10.1. The zero-order valence-corrected chi connectivity index (χ0v) is 13.9. The predicted octanol–water partition coefficient (Wildman–Crippen LogP) is 2.70. The fraction of sp³-hybridized carbons (Fsp3) is 0.333. The Labute approximate surface area is 146 Å². The standard InChI is InChI=1S/C18H17N5O2/c1-25-18(24)13-5-6-15(22-16(12-21)14(10-19)11-20)17(9-13)23-7-3-2-4-8-23/h5-6,9,22H,2-4,7-8H2,1H3. The highest BCUT2D eigenvalue weighted by Gasteiger charge is 2.19. The fourth-order valence-corrected chi connectivity index (χ4v) is 2.70. The Morgan fingerprint density at radius 1 is 1.12 bits per heavy atom. The molecule has 25 heavy (non-hydrogen) atoms. The van der Waals surface area contributed by atoms with Crippen molar-refractivity contribution >= 4 is 17.3 Å². The molecule has 0 amide bonds. The molecule has 0 spiro atoms. The second kappa shape index (κ2) is 8.38. The highest BCUT2D eigenvalue weighted by molar-refractivity contribution is 5.92. The zero-order chi connectivity index (χ0) is 18.2. The summed E-state index contributed by atoms with van der Waals surface area (Å²) in [5, 5.41) is 30.1. The van der Waals surface area contributed by atoms with Crippen molar-refractivity contribution in [3.63, 3.8) is 0 Å². The van der Waals surface area contributed by atoms with Crippen LogP contribution in [0.1, 0.15) is 29.6 Å². The van der Waals surface area contributed by atoms with E-state index in [1.807, 2.05) is 6.07 Å². The van der Waals surface area contributed by atoms with Crippen LogP contribution in [0.3, 0.4) is 0 Å². The minimum atomic E-state index is -0.449. The van der Waals surface area contributed by atoms with Gasteiger partial charge in [-0.15, -0.1) is 0 Å². The third-order valence-electron chi connectivity index (χ3n) is 3.96. The monoisotopic (exact) mass is 335 g/mol. The highest BCUT2D eigenvalue weighted by Crippen LogP contribution is 2.31. The zero-order valence-electron chi connectivity index (χ0n) is 13.9. The van der Waals surface area contributed by atoms with Gasteiger partial charge in [0.15, 0.2) is 5.57 Å². The van der Waals surface area contributed by atoms with Crippen molar-refractivity contribution < 1.29 is 9.53 Å². The van der Waals surface area contributed by atoms with Crippen LogP contribution in [0.2, 0.25) is 0 Å². The Morgan fingerprint density at radius 2 is 1.80 bits per heavy atom. The second-order valence-corrected chi connectivity index (χ2v) is 5.48. The van der Waals surface area contributed by atoms with E-state index in [1.165, 1.54) is 7.11 Å². The number of benzene rings is 1. The molecule has 0 bridgehead atoms. The Bertz CT molecular complexity index is 801. The van der Waals surface area contributed by atoms with E-state index in [0.717, 1.165) is 38.0 Å². The molecule has 0 aliphatic carbocycles. The quantitative estimate of drug-likeness (QED) is 0.664. The van der Waals surface area contributed by atoms with Gasteiger partial charge in [-0.2, -0.15) is 15.8 Å². The predicted molar refractivity (Wildman–Crippen MR) is 91.3 cm³/mol. The number of anilines is 2. The van der Waals surface area contributed by atoms with Crippen molar-refractivity contribution in [2.24, 2.45) is 0 Å². The molecule has 0 aromatic heterocycles. The Hall–Kier alpha value is -3.50. The topological polar surface area (TPSA) is 113 Å². The maximum absolute atomic E-state index is 11.8. The summed E-state index contributed by atoms with van der Waals surface area (Å²) in [6.07, 6.45) is 3.21. The number of hydrogen-bond donors (Lipinski definition) is 1. The summed E-state index contributed by atoms with van der Waals surface area (Å²) in [6, 6.07) is 10.2. The summed E-state index contributed by atoms with van der Waals surface area (Å²) in [5.74, 6) is -0.449. The number of methoxy groups -OCH3 is 1. The van der Waals surface area contributed by atoms with E-state index in [0.29, 0.717) is 11.3 Å². The van der Waals surface area contributed by atoms with Gasteiger partial charge in [0.05, 0.1) is 24.0 Å². The molecule has 2 rings (SSSR count). The van der Waals surface area contributed by atoms with Crippen LogP contribution in [-0.2, 0) is 4.74 Å². The minimum Gasteiger partial charge on any atom is -0.465 e. The van der Waals surface area contributed by atoms with Crippen LogP contribution >= 0.6 is 0 Å². The van der Waals surface area contributed by atoms with Gasteiger partial charge in [0.2, 0.25) is 0 Å². The third kappa shape index (κ3) is 4.07. The third-order valence-corrected chi connectivity index (χ3v) is 3.96. The van der Waals surface area contributed by atoms with Crippen LogP contribution in [0.4, 0.5) is 11.4 Å². The van der Waals surface area contributed by atoms with Crippen molar-refractivity contribution in [1.82, 2.24) is 0 Å². The highest BCUT2D eigenvalue weighted by atomic mass is 16.5. The SMILES string of the molecule is COC(=O)c1ccc(NC(C#N)=C(C#N)C#N)c(N2CCCCC2)c1. The molecule has 1 N–H and O–H groups in total. The molecule has 1 aliphatic rings. The minimum absolute atomic E-state index is 0.117. The first-order valence-corrected chi connectivity index (χ1v) is 7.83. The van der Waals surface area contributed by atoms with Gasteiger partial charge in [-0.1, -0.05) is 0 Å². The van der Waals surface area contributed by atoms with Crippen LogP contribution in [-0.4, -0.2) is 26.2 Å². The maximum Gasteiger partial charge on any atom is 0.337 e. The van der Waals surface area contributed by atoms with Crippen LogP contribution < -0.4 is 10.2 Å². The van der Waals surface area contributed by atoms with Crippen LogP contribution in [0.5, 0.6) is 0 Å². The van der Waals surface area contributed by atoms with Gasteiger partial charge in [-0.05, 0) is 37.5 Å². The smallest absolute Gasteiger partial charge is 0.337 e. The number of esters is 1. The summed E-state index contributed by atoms with van der Waals surface area (Å²) < 4.78 is 4.77. The Balaban J connectivity index is 2.48. The van der Waals surface area contributed by atoms with Crippen molar-refractivity contribution in [1.29, 1.82) is 15.8 Å². The van der Waals surface area contributed by atoms with Gasteiger partial charge in [-0.25, -0.2) is 4.79 Å². The number of carbonyl (C=O) groups is 1. The summed E-state index contributed by atoms with van der Waals surface area (Å²) >= 11 is 0. The van der Waals surface area contributed by atoms with Crippen molar-refractivity contribution in [2.75, 3.05) is 30.4 Å². The van der Waals surface area contributed by atoms with Crippen molar-refractivity contribution in [2.45, 2.75) is 19.3 Å². The number of hydrogen-bond acceptors (Lipinski definition) is 7. The average Bonchev–Trinajstić information content (AvgIpc) is 2.68. The first kappa shape index (κ1) is 17.8. The number of nitriles is 3. The van der Waals surface area contributed by atoms with Gasteiger partial charge >= 0.3 is 5.97 Å². The normalized spacial score (nSPS) is 13.0. The molecule has 1 saturated heterocycles. The molecule has 1 heterocycles. The number of ether oxygens (including phenoxy) is 1. The summed E-state index contributed by atoms with van der Waals surface area (Å²) in [6.45, 7) is 1.66. The first-order chi connectivity index (χ1) is 12.1. The Kier molecular flexibility index (Phi) is 5.98. The molecule has 0 atom stereocenters. The first-order valence-electron chi connectivity index (χ1n) is 7.83. The number of carbonyl (C=O) groups excluding carboxylic acids is 1. The molecule has 1 aromatic carbocycles. The van der Waals surface area contributed by atoms with Crippen LogP contribution in [0.15, 0.2) is 29.5 Å². The van der Waals surface area contributed by atoms with Gasteiger partial charge in [-0.3, -0.25) is 0 Å². The molecule has 7 heteroatoms. The van der Waals surface area contributed by atoms with E-state index >= 15 is 0 Å². The molecule has 0 unspecified atom stereocenters. The lowest BCUT2D eigenvalue weighted by Crippen LogP contribution is -2.30. The van der Waals surface area contributed by atoms with E-state index < -0.39 is 5.97 Å². The number of piperidine rings is 1. The molecule has 126 valence electrons. The molecular formula is C18H17N5O2. The van der Waals surface area contributed by atoms with Crippen molar-refractivity contribution in [3.05, 3.63) is 35.0 Å². The fourth-order valence-electron chi connectivity index (χ4n) is 2.70. The van der Waals surface area contributed by atoms with E-state index in [2.05, 4.69) is 10.2 Å². The lowest BCUT2D eigenvalue weighted by molar-refractivity contribution is 0.0601. The molecule has 7 nitrogen and oxygen atoms in total. The van der Waals surface area contributed by atoms with Crippen LogP contribution in [0, 0.1) is 34.0 Å². The van der Waals surface area contributed by atoms with E-state index in [1.54, 1.807) is 30.3 Å². The number of allylic oxidation sites excluding steroid dienone is 2. The lowest BCUT2D eigenvalue weighted by Gasteiger charge is -2.31. The second-order valence-electron chi connectivity index (χ2n) is 5.48. The van der Waals surface area contributed by atoms with Crippen molar-refractivity contribution in [3.8, 4) is 18.2 Å². The number of nitrogens with zero attached hydrogens (tertiary/aromatic N) is 4. The molecule has 1 aromatic rings. The summed E-state index contributed by atoms with van der Waals surface area (Å²) in [4.78, 5) is 13.9. The van der Waals surface area contributed by atoms with E-state index in [4.69, 9.17) is 15.3 Å². The van der Waals surface area contributed by atoms with Gasteiger partial charge < -0.3 is 15.0 Å². The average molecular weight is 335 g/mol. The number of rotatable bonds is 4. The summed E-state index contributed by atoms with van der Waals surface area (Å²) in [5.41, 5.74) is 1.30. The van der Waals surface area contributed by atoms with Gasteiger partial charge in [0.1, 0.15) is 23.9 Å². The van der Waals surface area contributed by atoms with E-state index in [9.17, 15) is 10.1 Å². The molecule has 1 aliphatic heterocycles. The van der Waals surface area contributed by atoms with Gasteiger partial charge in [0, 0.05) is 13.1 Å². The Morgan fingerprint density at radius 3 is 2.36 bits per heavy atom. The van der Waals surface area contributed by atoms with Gasteiger partial charge in [0.25, 0.3) is 0 Å². The largest absolute Gasteiger partial charge is 0.465 e. The van der Waals surface area contributed by atoms with E-state index in [-0.39, 0.29) is 11.3 Å². The van der Waals surface area contributed by atoms with Crippen LogP contribution in [0.25, 0.3) is 0 Å². The maximum atomic E-state index is 11.8.